The minimum atomic E-state index is -2.34. The Balaban J connectivity index is 1.96. The molecule has 41 heavy (non-hydrogen) atoms. The number of hydrogen-bond acceptors (Lipinski definition) is 7. The van der Waals surface area contributed by atoms with Crippen molar-refractivity contribution in [1.82, 2.24) is 9.88 Å². The number of esters is 1. The van der Waals surface area contributed by atoms with E-state index in [0.29, 0.717) is 17.2 Å². The summed E-state index contributed by atoms with van der Waals surface area (Å²) in [5.74, 6) is 0.169. The van der Waals surface area contributed by atoms with Gasteiger partial charge in [0, 0.05) is 11.4 Å². The van der Waals surface area contributed by atoms with Crippen LogP contribution in [0, 0.1) is 6.92 Å². The van der Waals surface area contributed by atoms with E-state index < -0.39 is 20.4 Å². The molecule has 1 atom stereocenters. The van der Waals surface area contributed by atoms with Gasteiger partial charge < -0.3 is 18.8 Å². The van der Waals surface area contributed by atoms with E-state index in [-0.39, 0.29) is 24.1 Å². The van der Waals surface area contributed by atoms with Crippen molar-refractivity contribution in [3.8, 4) is 5.75 Å². The molecule has 9 heteroatoms. The molecule has 0 saturated heterocycles. The van der Waals surface area contributed by atoms with Crippen molar-refractivity contribution < 1.29 is 23.5 Å². The number of nitrogens with zero attached hydrogens (tertiary/aromatic N) is 2. The highest BCUT2D eigenvalue weighted by molar-refractivity contribution is 7.11. The van der Waals surface area contributed by atoms with Crippen LogP contribution in [0.4, 0.5) is 0 Å². The van der Waals surface area contributed by atoms with E-state index in [1.54, 1.807) is 14.0 Å². The van der Waals surface area contributed by atoms with Crippen LogP contribution in [0.15, 0.2) is 54.6 Å². The van der Waals surface area contributed by atoms with Crippen LogP contribution < -0.4 is 4.74 Å². The molecular weight excluding hydrogens is 553 g/mol. The molecule has 0 radical (unpaired) electrons. The number of ether oxygens (including phenoxy) is 2. The molecule has 3 rings (SSSR count). The van der Waals surface area contributed by atoms with Crippen LogP contribution in [0.1, 0.15) is 71.7 Å². The van der Waals surface area contributed by atoms with E-state index >= 15 is 0 Å². The number of benzene rings is 2. The molecule has 1 aromatic heterocycles. The van der Waals surface area contributed by atoms with Crippen molar-refractivity contribution in [2.24, 2.45) is 0 Å². The first kappa shape index (κ1) is 32.5. The van der Waals surface area contributed by atoms with E-state index in [9.17, 15) is 9.59 Å². The molecule has 0 fully saturated rings. The Bertz CT molecular complexity index is 1290. The topological polar surface area (TPSA) is 78.0 Å². The standard InChI is InChI=1S/C32H44N2O5SSi/c1-9-38-31(36)28-23(2)40-27(33-28)22-34(21-13-16-24-14-11-10-12-15-24)30(35)29(39-41(7,8)32(3,4)5)25-17-19-26(37-6)20-18-25/h10-12,14-15,17-20,29H,9,13,16,21-22H2,1-8H3. The van der Waals surface area contributed by atoms with Crippen LogP contribution in [0.2, 0.25) is 18.1 Å². The molecule has 0 aliphatic carbocycles. The highest BCUT2D eigenvalue weighted by Crippen LogP contribution is 2.40. The first-order valence-corrected chi connectivity index (χ1v) is 17.9. The zero-order chi connectivity index (χ0) is 30.2. The largest absolute Gasteiger partial charge is 0.497 e. The maximum atomic E-state index is 14.5. The molecular formula is C32H44N2O5SSi. The van der Waals surface area contributed by atoms with Gasteiger partial charge >= 0.3 is 5.97 Å². The number of rotatable bonds is 13. The first-order chi connectivity index (χ1) is 19.4. The molecule has 1 unspecified atom stereocenters. The average Bonchev–Trinajstić information content (AvgIpc) is 3.31. The summed E-state index contributed by atoms with van der Waals surface area (Å²) >= 11 is 1.42. The summed E-state index contributed by atoms with van der Waals surface area (Å²) in [7, 11) is -0.715. The van der Waals surface area contributed by atoms with Gasteiger partial charge in [0.2, 0.25) is 0 Å². The van der Waals surface area contributed by atoms with Gasteiger partial charge in [-0.25, -0.2) is 9.78 Å². The van der Waals surface area contributed by atoms with E-state index in [1.807, 2.05) is 54.3 Å². The highest BCUT2D eigenvalue weighted by atomic mass is 32.1. The third-order valence-electron chi connectivity index (χ3n) is 7.55. The Morgan fingerprint density at radius 3 is 2.29 bits per heavy atom. The molecule has 222 valence electrons. The van der Waals surface area contributed by atoms with Crippen LogP contribution in [0.25, 0.3) is 0 Å². The Morgan fingerprint density at radius 1 is 1.05 bits per heavy atom. The van der Waals surface area contributed by atoms with Crippen LogP contribution in [-0.2, 0) is 26.9 Å². The molecule has 1 heterocycles. The third-order valence-corrected chi connectivity index (χ3v) is 12.9. The molecule has 0 bridgehead atoms. The van der Waals surface area contributed by atoms with Crippen LogP contribution >= 0.6 is 11.3 Å². The number of carbonyl (C=O) groups excluding carboxylic acids is 2. The lowest BCUT2D eigenvalue weighted by Crippen LogP contribution is -2.46. The smallest absolute Gasteiger partial charge is 0.358 e. The van der Waals surface area contributed by atoms with Crippen molar-refractivity contribution in [3.05, 3.63) is 81.3 Å². The van der Waals surface area contributed by atoms with Gasteiger partial charge in [-0.3, -0.25) is 4.79 Å². The Kier molecular flexibility index (Phi) is 11.3. The molecule has 0 aliphatic heterocycles. The average molecular weight is 597 g/mol. The second-order valence-electron chi connectivity index (χ2n) is 11.6. The quantitative estimate of drug-likeness (QED) is 0.152. The first-order valence-electron chi connectivity index (χ1n) is 14.1. The fraction of sp³-hybridized carbons (Fsp3) is 0.469. The van der Waals surface area contributed by atoms with Crippen molar-refractivity contribution in [1.29, 1.82) is 0 Å². The molecule has 0 N–H and O–H groups in total. The lowest BCUT2D eigenvalue weighted by Gasteiger charge is -2.40. The minimum absolute atomic E-state index is 0.0862. The number of methoxy groups -OCH3 is 1. The summed E-state index contributed by atoms with van der Waals surface area (Å²) < 4.78 is 17.4. The lowest BCUT2D eigenvalue weighted by molar-refractivity contribution is -0.140. The van der Waals surface area contributed by atoms with Gasteiger partial charge in [0.1, 0.15) is 10.8 Å². The Labute approximate surface area is 250 Å². The van der Waals surface area contributed by atoms with E-state index in [1.165, 1.54) is 16.9 Å². The summed E-state index contributed by atoms with van der Waals surface area (Å²) in [6.07, 6.45) is 0.843. The number of aromatic nitrogens is 1. The van der Waals surface area contributed by atoms with Crippen LogP contribution in [-0.4, -0.2) is 50.3 Å². The third kappa shape index (κ3) is 8.74. The fourth-order valence-corrected chi connectivity index (χ4v) is 6.25. The predicted octanol–water partition coefficient (Wildman–Crippen LogP) is 7.36. The van der Waals surface area contributed by atoms with Crippen LogP contribution in [0.3, 0.4) is 0 Å². The van der Waals surface area contributed by atoms with Crippen molar-refractivity contribution >= 4 is 31.5 Å². The number of hydrogen-bond donors (Lipinski definition) is 0. The van der Waals surface area contributed by atoms with Crippen molar-refractivity contribution in [2.75, 3.05) is 20.3 Å². The number of aryl methyl sites for hydroxylation is 2. The normalized spacial score (nSPS) is 12.6. The van der Waals surface area contributed by atoms with Gasteiger partial charge in [-0.1, -0.05) is 63.2 Å². The van der Waals surface area contributed by atoms with E-state index in [2.05, 4.69) is 51.0 Å². The molecule has 0 saturated carbocycles. The summed E-state index contributed by atoms with van der Waals surface area (Å²) in [5, 5.41) is 0.608. The minimum Gasteiger partial charge on any atom is -0.497 e. The maximum Gasteiger partial charge on any atom is 0.358 e. The van der Waals surface area contributed by atoms with Gasteiger partial charge in [0.15, 0.2) is 20.1 Å². The zero-order valence-corrected chi connectivity index (χ0v) is 27.5. The fourth-order valence-electron chi connectivity index (χ4n) is 4.13. The summed E-state index contributed by atoms with van der Waals surface area (Å²) in [4.78, 5) is 34.1. The molecule has 3 aromatic rings. The molecule has 2 aromatic carbocycles. The van der Waals surface area contributed by atoms with Crippen molar-refractivity contribution in [3.63, 3.8) is 0 Å². The van der Waals surface area contributed by atoms with Gasteiger partial charge in [0.25, 0.3) is 5.91 Å². The summed E-state index contributed by atoms with van der Waals surface area (Å²) in [5.41, 5.74) is 2.32. The lowest BCUT2D eigenvalue weighted by atomic mass is 10.1. The Morgan fingerprint density at radius 2 is 1.71 bits per heavy atom. The number of amides is 1. The molecule has 0 aliphatic rings. The van der Waals surface area contributed by atoms with Crippen molar-refractivity contribution in [2.45, 2.75) is 78.2 Å². The van der Waals surface area contributed by atoms with Gasteiger partial charge in [-0.15, -0.1) is 11.3 Å². The zero-order valence-electron chi connectivity index (χ0n) is 25.7. The number of thiazole rings is 1. The van der Waals surface area contributed by atoms with E-state index in [0.717, 1.165) is 29.0 Å². The molecule has 0 spiro atoms. The molecule has 7 nitrogen and oxygen atoms in total. The molecule has 1 amide bonds. The Hall–Kier alpha value is -3.01. The predicted molar refractivity (Wildman–Crippen MR) is 167 cm³/mol. The monoisotopic (exact) mass is 596 g/mol. The highest BCUT2D eigenvalue weighted by Gasteiger charge is 2.42. The van der Waals surface area contributed by atoms with Gasteiger partial charge in [-0.05, 0) is 68.1 Å². The number of carbonyl (C=O) groups is 2. The van der Waals surface area contributed by atoms with Crippen LogP contribution in [0.5, 0.6) is 5.75 Å². The second kappa shape index (κ2) is 14.2. The summed E-state index contributed by atoms with van der Waals surface area (Å²) in [6.45, 7) is 15.5. The second-order valence-corrected chi connectivity index (χ2v) is 17.7. The maximum absolute atomic E-state index is 14.5. The van der Waals surface area contributed by atoms with Gasteiger partial charge in [-0.2, -0.15) is 0 Å². The van der Waals surface area contributed by atoms with Gasteiger partial charge in [0.05, 0.1) is 20.3 Å². The summed E-state index contributed by atoms with van der Waals surface area (Å²) in [6, 6.07) is 17.8. The SMILES string of the molecule is CCOC(=O)c1nc(CN(CCCc2ccccc2)C(=O)C(O[Si](C)(C)C(C)(C)C)c2ccc(OC)cc2)sc1C. The van der Waals surface area contributed by atoms with E-state index in [4.69, 9.17) is 13.9 Å².